The number of nitrogens with zero attached hydrogens (tertiary/aromatic N) is 3. The first-order valence-corrected chi connectivity index (χ1v) is 5.41. The number of rotatable bonds is 5. The molecule has 7 nitrogen and oxygen atoms in total. The molecule has 1 unspecified atom stereocenters. The number of anilines is 1. The molecule has 1 aromatic heterocycles. The molecule has 0 aliphatic carbocycles. The maximum atomic E-state index is 10.6. The lowest BCUT2D eigenvalue weighted by atomic mass is 10.1. The number of hydrogen-bond donors (Lipinski definition) is 2. The Morgan fingerprint density at radius 3 is 2.78 bits per heavy atom. The van der Waals surface area contributed by atoms with Crippen LogP contribution in [-0.4, -0.2) is 27.7 Å². The number of nitro groups is 1. The Bertz CT molecular complexity index is 482. The van der Waals surface area contributed by atoms with E-state index in [2.05, 4.69) is 10.3 Å². The molecule has 0 amide bonds. The topological polar surface area (TPSA) is 112 Å². The molecule has 1 rings (SSSR count). The van der Waals surface area contributed by atoms with Crippen LogP contribution in [0.2, 0.25) is 0 Å². The minimum atomic E-state index is -0.608. The third-order valence-electron chi connectivity index (χ3n) is 2.53. The maximum Gasteiger partial charge on any atom is 0.289 e. The SMILES string of the molecule is CC(C)C(CO)Nc1ncc([N+](=O)[O-])cc1C#N. The van der Waals surface area contributed by atoms with E-state index in [1.165, 1.54) is 0 Å². The van der Waals surface area contributed by atoms with Crippen molar-refractivity contribution in [1.82, 2.24) is 4.98 Å². The average Bonchev–Trinajstić information content (AvgIpc) is 2.35. The van der Waals surface area contributed by atoms with Crippen LogP contribution in [0.1, 0.15) is 19.4 Å². The largest absolute Gasteiger partial charge is 0.394 e. The molecule has 0 spiro atoms. The van der Waals surface area contributed by atoms with Crippen LogP contribution in [0, 0.1) is 27.4 Å². The first kappa shape index (κ1) is 13.9. The summed E-state index contributed by atoms with van der Waals surface area (Å²) in [7, 11) is 0. The molecule has 1 aromatic rings. The van der Waals surface area contributed by atoms with Gasteiger partial charge in [-0.3, -0.25) is 10.1 Å². The van der Waals surface area contributed by atoms with Crippen molar-refractivity contribution in [3.05, 3.63) is 27.9 Å². The van der Waals surface area contributed by atoms with Crippen molar-refractivity contribution in [2.45, 2.75) is 19.9 Å². The van der Waals surface area contributed by atoms with Gasteiger partial charge in [0.2, 0.25) is 0 Å². The molecule has 0 saturated carbocycles. The molecule has 0 fully saturated rings. The summed E-state index contributed by atoms with van der Waals surface area (Å²) in [5.41, 5.74) is -0.148. The van der Waals surface area contributed by atoms with E-state index in [1.807, 2.05) is 19.9 Å². The molecule has 0 saturated heterocycles. The summed E-state index contributed by atoms with van der Waals surface area (Å²) in [6.07, 6.45) is 1.08. The Kier molecular flexibility index (Phi) is 4.57. The highest BCUT2D eigenvalue weighted by molar-refractivity contribution is 5.56. The summed E-state index contributed by atoms with van der Waals surface area (Å²) in [5, 5.41) is 31.6. The monoisotopic (exact) mass is 250 g/mol. The molecular weight excluding hydrogens is 236 g/mol. The number of nitrogens with one attached hydrogen (secondary N) is 1. The van der Waals surface area contributed by atoms with E-state index in [9.17, 15) is 15.2 Å². The standard InChI is InChI=1S/C11H14N4O3/c1-7(2)10(6-16)14-11-8(4-12)3-9(5-13-11)15(17)18/h3,5,7,10,16H,6H2,1-2H3,(H,13,14). The molecular formula is C11H14N4O3. The molecule has 0 aliphatic rings. The van der Waals surface area contributed by atoms with Crippen LogP contribution in [0.25, 0.3) is 0 Å². The average molecular weight is 250 g/mol. The molecule has 0 aromatic carbocycles. The summed E-state index contributed by atoms with van der Waals surface area (Å²) in [5.74, 6) is 0.384. The summed E-state index contributed by atoms with van der Waals surface area (Å²) < 4.78 is 0. The summed E-state index contributed by atoms with van der Waals surface area (Å²) in [6.45, 7) is 3.71. The third-order valence-corrected chi connectivity index (χ3v) is 2.53. The molecule has 0 radical (unpaired) electrons. The van der Waals surface area contributed by atoms with E-state index in [-0.39, 0.29) is 35.6 Å². The predicted molar refractivity (Wildman–Crippen MR) is 64.9 cm³/mol. The fourth-order valence-corrected chi connectivity index (χ4v) is 1.35. The summed E-state index contributed by atoms with van der Waals surface area (Å²) in [6, 6.07) is 2.75. The number of aliphatic hydroxyl groups is 1. The van der Waals surface area contributed by atoms with Crippen LogP contribution in [0.3, 0.4) is 0 Å². The van der Waals surface area contributed by atoms with E-state index >= 15 is 0 Å². The Hall–Kier alpha value is -2.20. The van der Waals surface area contributed by atoms with Crippen LogP contribution < -0.4 is 5.32 Å². The lowest BCUT2D eigenvalue weighted by Crippen LogP contribution is -2.30. The van der Waals surface area contributed by atoms with Gasteiger partial charge in [0, 0.05) is 6.07 Å². The Morgan fingerprint density at radius 2 is 2.33 bits per heavy atom. The highest BCUT2D eigenvalue weighted by Crippen LogP contribution is 2.20. The molecule has 7 heteroatoms. The molecule has 1 atom stereocenters. The lowest BCUT2D eigenvalue weighted by molar-refractivity contribution is -0.385. The van der Waals surface area contributed by atoms with Gasteiger partial charge >= 0.3 is 0 Å². The van der Waals surface area contributed by atoms with Crippen molar-refractivity contribution >= 4 is 11.5 Å². The van der Waals surface area contributed by atoms with Crippen LogP contribution >= 0.6 is 0 Å². The second-order valence-electron chi connectivity index (χ2n) is 4.14. The van der Waals surface area contributed by atoms with Gasteiger partial charge < -0.3 is 10.4 Å². The van der Waals surface area contributed by atoms with E-state index in [0.29, 0.717) is 0 Å². The number of aromatic nitrogens is 1. The molecule has 0 bridgehead atoms. The van der Waals surface area contributed by atoms with Crippen molar-refractivity contribution in [2.24, 2.45) is 5.92 Å². The first-order valence-electron chi connectivity index (χ1n) is 5.41. The smallest absolute Gasteiger partial charge is 0.289 e. The minimum Gasteiger partial charge on any atom is -0.394 e. The van der Waals surface area contributed by atoms with Crippen LogP contribution in [0.15, 0.2) is 12.3 Å². The van der Waals surface area contributed by atoms with Crippen LogP contribution in [-0.2, 0) is 0 Å². The van der Waals surface area contributed by atoms with E-state index < -0.39 is 4.92 Å². The number of nitriles is 1. The number of aliphatic hydroxyl groups excluding tert-OH is 1. The lowest BCUT2D eigenvalue weighted by Gasteiger charge is -2.20. The Balaban J connectivity index is 3.03. The third kappa shape index (κ3) is 3.15. The fourth-order valence-electron chi connectivity index (χ4n) is 1.35. The highest BCUT2D eigenvalue weighted by atomic mass is 16.6. The van der Waals surface area contributed by atoms with Gasteiger partial charge in [-0.25, -0.2) is 4.98 Å². The molecule has 96 valence electrons. The van der Waals surface area contributed by atoms with Gasteiger partial charge in [0.05, 0.1) is 17.6 Å². The van der Waals surface area contributed by atoms with Crippen LogP contribution in [0.5, 0.6) is 0 Å². The van der Waals surface area contributed by atoms with Crippen molar-refractivity contribution in [2.75, 3.05) is 11.9 Å². The Labute approximate surface area is 104 Å². The highest BCUT2D eigenvalue weighted by Gasteiger charge is 2.17. The first-order chi connectivity index (χ1) is 8.49. The zero-order valence-electron chi connectivity index (χ0n) is 10.1. The second-order valence-corrected chi connectivity index (χ2v) is 4.14. The van der Waals surface area contributed by atoms with Gasteiger partial charge in [-0.1, -0.05) is 13.8 Å². The zero-order chi connectivity index (χ0) is 13.7. The van der Waals surface area contributed by atoms with E-state index in [4.69, 9.17) is 5.26 Å². The van der Waals surface area contributed by atoms with Crippen molar-refractivity contribution in [3.8, 4) is 6.07 Å². The molecule has 0 aliphatic heterocycles. The summed E-state index contributed by atoms with van der Waals surface area (Å²) in [4.78, 5) is 13.8. The normalized spacial score (nSPS) is 11.9. The molecule has 18 heavy (non-hydrogen) atoms. The van der Waals surface area contributed by atoms with Gasteiger partial charge in [-0.2, -0.15) is 5.26 Å². The number of pyridine rings is 1. The van der Waals surface area contributed by atoms with Gasteiger partial charge in [-0.05, 0) is 5.92 Å². The summed E-state index contributed by atoms with van der Waals surface area (Å²) >= 11 is 0. The zero-order valence-corrected chi connectivity index (χ0v) is 10.1. The second kappa shape index (κ2) is 5.93. The maximum absolute atomic E-state index is 10.6. The predicted octanol–water partition coefficient (Wildman–Crippen LogP) is 1.29. The fraction of sp³-hybridized carbons (Fsp3) is 0.455. The minimum absolute atomic E-state index is 0.0864. The molecule has 2 N–H and O–H groups in total. The number of hydrogen-bond acceptors (Lipinski definition) is 6. The van der Waals surface area contributed by atoms with Crippen molar-refractivity contribution in [3.63, 3.8) is 0 Å². The van der Waals surface area contributed by atoms with Crippen LogP contribution in [0.4, 0.5) is 11.5 Å². The quantitative estimate of drug-likeness (QED) is 0.601. The van der Waals surface area contributed by atoms with Crippen molar-refractivity contribution < 1.29 is 10.0 Å². The van der Waals surface area contributed by atoms with E-state index in [1.54, 1.807) is 0 Å². The molecule has 1 heterocycles. The van der Waals surface area contributed by atoms with E-state index in [0.717, 1.165) is 12.3 Å². The van der Waals surface area contributed by atoms with Gasteiger partial charge in [0.25, 0.3) is 5.69 Å². The van der Waals surface area contributed by atoms with Gasteiger partial charge in [-0.15, -0.1) is 0 Å². The van der Waals surface area contributed by atoms with Gasteiger partial charge in [0.1, 0.15) is 23.6 Å². The van der Waals surface area contributed by atoms with Crippen molar-refractivity contribution in [1.29, 1.82) is 5.26 Å². The van der Waals surface area contributed by atoms with Gasteiger partial charge in [0.15, 0.2) is 0 Å². The Morgan fingerprint density at radius 1 is 1.67 bits per heavy atom.